The van der Waals surface area contributed by atoms with Crippen molar-refractivity contribution in [3.63, 3.8) is 0 Å². The van der Waals surface area contributed by atoms with Crippen LogP contribution in [0, 0.1) is 0 Å². The molecule has 0 aromatic heterocycles. The molecule has 0 amide bonds. The maximum absolute atomic E-state index is 11.6. The summed E-state index contributed by atoms with van der Waals surface area (Å²) in [5.74, 6) is 1.41. The Bertz CT molecular complexity index is 1410. The van der Waals surface area contributed by atoms with Crippen LogP contribution in [0.3, 0.4) is 0 Å². The van der Waals surface area contributed by atoms with Crippen molar-refractivity contribution in [3.05, 3.63) is 102 Å². The number of hydrogen-bond acceptors (Lipinski definition) is 5. The van der Waals surface area contributed by atoms with Gasteiger partial charge in [0.2, 0.25) is 0 Å². The molecular formula is C33H35NaO6. The number of carbonyl (C=O) groups is 1. The summed E-state index contributed by atoms with van der Waals surface area (Å²) in [4.78, 5) is 11.6. The second-order valence-electron chi connectivity index (χ2n) is 9.13. The van der Waals surface area contributed by atoms with E-state index in [0.717, 1.165) is 41.5 Å². The molecule has 0 saturated heterocycles. The van der Waals surface area contributed by atoms with Gasteiger partial charge in [0.15, 0.2) is 0 Å². The third-order valence-corrected chi connectivity index (χ3v) is 6.38. The van der Waals surface area contributed by atoms with Gasteiger partial charge in [-0.05, 0) is 54.3 Å². The Morgan fingerprint density at radius 2 is 1.45 bits per heavy atom. The van der Waals surface area contributed by atoms with Crippen LogP contribution in [0.2, 0.25) is 0 Å². The van der Waals surface area contributed by atoms with Gasteiger partial charge in [-0.2, -0.15) is 0 Å². The van der Waals surface area contributed by atoms with E-state index in [1.807, 2.05) is 54.6 Å². The standard InChI is InChI=1S/C33H34O6.Na.H/c1-3-12-25-29(17-10-18-30(25)39-31-16-9-8-15-26(31)33(35)36)37-19-11-20-38-32-22-28(34)27(21-23(32)4-2)24-13-6-5-7-14-24;;/h5-10,13-18,21-22,34H,3-4,11-12,19-20H2,1-2H3,(H,35,36);;/q;+1;-1. The molecule has 0 bridgehead atoms. The van der Waals surface area contributed by atoms with Crippen molar-refractivity contribution >= 4 is 5.97 Å². The number of aryl methyl sites for hydroxylation is 1. The molecule has 204 valence electrons. The first-order valence-electron chi connectivity index (χ1n) is 13.3. The SMILES string of the molecule is CCCc1c(OCCCOc2cc(O)c(-c3ccccc3)cc2CC)cccc1Oc1ccccc1C(=O)O.[H-].[Na+]. The zero-order chi connectivity index (χ0) is 27.6. The Morgan fingerprint density at radius 3 is 2.15 bits per heavy atom. The summed E-state index contributed by atoms with van der Waals surface area (Å²) in [5.41, 5.74) is 3.79. The number of ether oxygens (including phenoxy) is 3. The van der Waals surface area contributed by atoms with Gasteiger partial charge >= 0.3 is 35.5 Å². The molecule has 0 spiro atoms. The molecule has 0 fully saturated rings. The smallest absolute Gasteiger partial charge is 1.00 e. The minimum atomic E-state index is -1.04. The van der Waals surface area contributed by atoms with E-state index in [1.165, 1.54) is 6.07 Å². The van der Waals surface area contributed by atoms with Crippen LogP contribution in [-0.2, 0) is 12.8 Å². The fraction of sp³-hybridized carbons (Fsp3) is 0.242. The van der Waals surface area contributed by atoms with E-state index >= 15 is 0 Å². The maximum atomic E-state index is 11.6. The Kier molecular flexibility index (Phi) is 11.9. The van der Waals surface area contributed by atoms with Gasteiger partial charge < -0.3 is 25.9 Å². The molecule has 7 heteroatoms. The number of benzene rings is 4. The van der Waals surface area contributed by atoms with Crippen molar-refractivity contribution in [1.29, 1.82) is 0 Å². The van der Waals surface area contributed by atoms with Crippen LogP contribution in [-0.4, -0.2) is 29.4 Å². The van der Waals surface area contributed by atoms with Crippen LogP contribution >= 0.6 is 0 Å². The molecule has 0 saturated carbocycles. The topological polar surface area (TPSA) is 85.2 Å². The van der Waals surface area contributed by atoms with Crippen LogP contribution < -0.4 is 43.8 Å². The molecule has 40 heavy (non-hydrogen) atoms. The zero-order valence-electron chi connectivity index (χ0n) is 24.4. The summed E-state index contributed by atoms with van der Waals surface area (Å²) in [5, 5.41) is 20.1. The summed E-state index contributed by atoms with van der Waals surface area (Å²) in [6.45, 7) is 5.00. The fourth-order valence-corrected chi connectivity index (χ4v) is 4.42. The van der Waals surface area contributed by atoms with E-state index in [1.54, 1.807) is 24.3 Å². The van der Waals surface area contributed by atoms with Gasteiger partial charge in [0, 0.05) is 23.6 Å². The number of para-hydroxylation sites is 1. The molecular weight excluding hydrogens is 515 g/mol. The number of phenols is 1. The van der Waals surface area contributed by atoms with Gasteiger partial charge in [-0.15, -0.1) is 0 Å². The first-order valence-corrected chi connectivity index (χ1v) is 13.3. The van der Waals surface area contributed by atoms with Crippen LogP contribution in [0.1, 0.15) is 49.6 Å². The molecule has 4 aromatic rings. The van der Waals surface area contributed by atoms with Crippen molar-refractivity contribution in [1.82, 2.24) is 0 Å². The Morgan fingerprint density at radius 1 is 0.800 bits per heavy atom. The molecule has 4 aromatic carbocycles. The van der Waals surface area contributed by atoms with Gasteiger partial charge in [0.1, 0.15) is 34.3 Å². The van der Waals surface area contributed by atoms with Crippen molar-refractivity contribution in [2.45, 2.75) is 39.5 Å². The third-order valence-electron chi connectivity index (χ3n) is 6.38. The molecule has 2 N–H and O–H groups in total. The summed E-state index contributed by atoms with van der Waals surface area (Å²) in [6.07, 6.45) is 3.03. The molecule has 0 aliphatic carbocycles. The Labute approximate surface area is 259 Å². The molecule has 0 unspecified atom stereocenters. The van der Waals surface area contributed by atoms with Crippen LogP contribution in [0.25, 0.3) is 11.1 Å². The van der Waals surface area contributed by atoms with Crippen molar-refractivity contribution in [3.8, 4) is 39.9 Å². The Hall–Kier alpha value is -3.45. The zero-order valence-corrected chi connectivity index (χ0v) is 25.4. The minimum absolute atomic E-state index is 0. The molecule has 4 rings (SSSR count). The minimum Gasteiger partial charge on any atom is -1.00 e. The van der Waals surface area contributed by atoms with Gasteiger partial charge in [0.25, 0.3) is 0 Å². The van der Waals surface area contributed by atoms with E-state index < -0.39 is 5.97 Å². The molecule has 0 atom stereocenters. The van der Waals surface area contributed by atoms with E-state index in [4.69, 9.17) is 14.2 Å². The molecule has 0 radical (unpaired) electrons. The van der Waals surface area contributed by atoms with Gasteiger partial charge in [0.05, 0.1) is 13.2 Å². The first kappa shape index (κ1) is 31.1. The number of phenolic OH excluding ortho intramolecular Hbond substituents is 1. The number of hydrogen-bond donors (Lipinski definition) is 2. The van der Waals surface area contributed by atoms with Crippen molar-refractivity contribution in [2.75, 3.05) is 13.2 Å². The van der Waals surface area contributed by atoms with E-state index in [0.29, 0.717) is 42.6 Å². The fourth-order valence-electron chi connectivity index (χ4n) is 4.42. The Balaban J connectivity index is 0.00000294. The monoisotopic (exact) mass is 550 g/mol. The second kappa shape index (κ2) is 15.4. The largest absolute Gasteiger partial charge is 1.00 e. The number of carboxylic acids is 1. The molecule has 0 heterocycles. The van der Waals surface area contributed by atoms with E-state index in [2.05, 4.69) is 13.8 Å². The number of aromatic carboxylic acids is 1. The number of aromatic hydroxyl groups is 1. The van der Waals surface area contributed by atoms with Crippen LogP contribution in [0.4, 0.5) is 0 Å². The predicted octanol–water partition coefficient (Wildman–Crippen LogP) is 5.03. The average Bonchev–Trinajstić information content (AvgIpc) is 2.95. The van der Waals surface area contributed by atoms with E-state index in [9.17, 15) is 15.0 Å². The van der Waals surface area contributed by atoms with Crippen LogP contribution in [0.5, 0.6) is 28.7 Å². The van der Waals surface area contributed by atoms with Gasteiger partial charge in [-0.1, -0.05) is 68.8 Å². The summed E-state index contributed by atoms with van der Waals surface area (Å²) < 4.78 is 18.2. The maximum Gasteiger partial charge on any atom is 1.00 e. The molecule has 6 nitrogen and oxygen atoms in total. The van der Waals surface area contributed by atoms with Gasteiger partial charge in [-0.3, -0.25) is 0 Å². The summed E-state index contributed by atoms with van der Waals surface area (Å²) in [6, 6.07) is 25.7. The van der Waals surface area contributed by atoms with Gasteiger partial charge in [-0.25, -0.2) is 4.79 Å². The quantitative estimate of drug-likeness (QED) is 0.180. The van der Waals surface area contributed by atoms with Crippen LogP contribution in [0.15, 0.2) is 84.9 Å². The number of carboxylic acid groups (broad SMARTS) is 1. The molecule has 0 aliphatic rings. The number of rotatable bonds is 13. The second-order valence-corrected chi connectivity index (χ2v) is 9.13. The summed E-state index contributed by atoms with van der Waals surface area (Å²) in [7, 11) is 0. The third kappa shape index (κ3) is 7.81. The molecule has 0 aliphatic heterocycles. The van der Waals surface area contributed by atoms with Crippen molar-refractivity contribution < 1.29 is 60.2 Å². The first-order chi connectivity index (χ1) is 19.0. The van der Waals surface area contributed by atoms with Crippen molar-refractivity contribution in [2.24, 2.45) is 0 Å². The van der Waals surface area contributed by atoms with E-state index in [-0.39, 0.29) is 42.3 Å². The predicted molar refractivity (Wildman–Crippen MR) is 154 cm³/mol. The average molecular weight is 551 g/mol. The normalized spacial score (nSPS) is 10.4. The summed E-state index contributed by atoms with van der Waals surface area (Å²) >= 11 is 0.